The standard InChI is InChI=1S/C23H25FN4O3/c1-27(9-10-29)22(30)14-28-8-6-15(13-28)20-12-19-17(5-7-25-23(19)26-20)18-11-16(24)3-4-21(18)31-2/h3-7,11-12,29H,8-10,13-14H2,1-2H3,(H,25,26). The molecule has 0 bridgehead atoms. The summed E-state index contributed by atoms with van der Waals surface area (Å²) in [5.74, 6) is 0.234. The third-order valence-corrected chi connectivity index (χ3v) is 5.54. The summed E-state index contributed by atoms with van der Waals surface area (Å²) in [7, 11) is 3.25. The lowest BCUT2D eigenvalue weighted by atomic mass is 10.0. The molecule has 4 rings (SSSR count). The van der Waals surface area contributed by atoms with Gasteiger partial charge < -0.3 is 19.7 Å². The van der Waals surface area contributed by atoms with E-state index >= 15 is 0 Å². The highest BCUT2D eigenvalue weighted by molar-refractivity contribution is 5.97. The second-order valence-corrected chi connectivity index (χ2v) is 7.59. The van der Waals surface area contributed by atoms with Crippen LogP contribution in [0.4, 0.5) is 4.39 Å². The van der Waals surface area contributed by atoms with Crippen LogP contribution in [0.2, 0.25) is 0 Å². The minimum Gasteiger partial charge on any atom is -0.496 e. The predicted molar refractivity (Wildman–Crippen MR) is 117 cm³/mol. The lowest BCUT2D eigenvalue weighted by molar-refractivity contribution is -0.131. The van der Waals surface area contributed by atoms with Gasteiger partial charge in [0, 0.05) is 49.5 Å². The lowest BCUT2D eigenvalue weighted by Gasteiger charge is -2.20. The van der Waals surface area contributed by atoms with Gasteiger partial charge in [0.2, 0.25) is 5.91 Å². The number of aromatic nitrogens is 2. The summed E-state index contributed by atoms with van der Waals surface area (Å²) >= 11 is 0. The fraction of sp³-hybridized carbons (Fsp3) is 0.304. The van der Waals surface area contributed by atoms with Crippen molar-refractivity contribution in [3.8, 4) is 16.9 Å². The zero-order chi connectivity index (χ0) is 22.0. The van der Waals surface area contributed by atoms with Gasteiger partial charge in [-0.05, 0) is 41.5 Å². The highest BCUT2D eigenvalue weighted by Crippen LogP contribution is 2.36. The molecule has 0 atom stereocenters. The molecule has 31 heavy (non-hydrogen) atoms. The van der Waals surface area contributed by atoms with E-state index in [1.54, 1.807) is 26.4 Å². The van der Waals surface area contributed by atoms with Gasteiger partial charge in [0.15, 0.2) is 0 Å². The maximum Gasteiger partial charge on any atom is 0.236 e. The van der Waals surface area contributed by atoms with E-state index in [1.165, 1.54) is 17.0 Å². The summed E-state index contributed by atoms with van der Waals surface area (Å²) in [5.41, 5.74) is 4.20. The number of benzene rings is 1. The number of pyridine rings is 1. The molecular weight excluding hydrogens is 399 g/mol. The van der Waals surface area contributed by atoms with Crippen molar-refractivity contribution in [3.05, 3.63) is 54.1 Å². The fourth-order valence-corrected chi connectivity index (χ4v) is 3.84. The molecule has 1 aliphatic heterocycles. The van der Waals surface area contributed by atoms with E-state index in [1.807, 2.05) is 17.0 Å². The van der Waals surface area contributed by atoms with Crippen LogP contribution in [-0.4, -0.2) is 77.7 Å². The van der Waals surface area contributed by atoms with Crippen LogP contribution in [0.5, 0.6) is 5.75 Å². The number of rotatable bonds is 7. The Morgan fingerprint density at radius 1 is 1.32 bits per heavy atom. The Hall–Kier alpha value is -3.23. The monoisotopic (exact) mass is 424 g/mol. The first-order chi connectivity index (χ1) is 15.0. The average Bonchev–Trinajstić information content (AvgIpc) is 3.40. The molecule has 0 aliphatic carbocycles. The number of carbonyl (C=O) groups excluding carboxylic acids is 1. The van der Waals surface area contributed by atoms with Gasteiger partial charge in [0.05, 0.1) is 20.3 Å². The van der Waals surface area contributed by atoms with Crippen LogP contribution in [0.1, 0.15) is 5.69 Å². The van der Waals surface area contributed by atoms with Crippen LogP contribution in [0.25, 0.3) is 27.7 Å². The first-order valence-corrected chi connectivity index (χ1v) is 10.1. The predicted octanol–water partition coefficient (Wildman–Crippen LogP) is 2.53. The number of methoxy groups -OCH3 is 1. The van der Waals surface area contributed by atoms with Crippen LogP contribution in [-0.2, 0) is 4.79 Å². The molecule has 1 aliphatic rings. The molecule has 0 saturated heterocycles. The first kappa shape index (κ1) is 21.0. The molecule has 3 heterocycles. The largest absolute Gasteiger partial charge is 0.496 e. The van der Waals surface area contributed by atoms with Crippen molar-refractivity contribution in [2.45, 2.75) is 0 Å². The molecule has 1 aromatic carbocycles. The number of hydrogen-bond acceptors (Lipinski definition) is 5. The molecule has 0 fully saturated rings. The molecule has 0 saturated carbocycles. The number of H-pyrrole nitrogens is 1. The summed E-state index contributed by atoms with van der Waals surface area (Å²) in [6, 6.07) is 8.32. The molecule has 0 spiro atoms. The summed E-state index contributed by atoms with van der Waals surface area (Å²) in [4.78, 5) is 23.6. The van der Waals surface area contributed by atoms with Crippen LogP contribution in [0.3, 0.4) is 0 Å². The highest BCUT2D eigenvalue weighted by Gasteiger charge is 2.22. The average molecular weight is 424 g/mol. The van der Waals surface area contributed by atoms with Crippen molar-refractivity contribution in [1.29, 1.82) is 0 Å². The maximum atomic E-state index is 13.9. The third-order valence-electron chi connectivity index (χ3n) is 5.54. The molecule has 8 heteroatoms. The topological polar surface area (TPSA) is 81.7 Å². The van der Waals surface area contributed by atoms with Gasteiger partial charge >= 0.3 is 0 Å². The molecule has 3 aromatic rings. The Bertz CT molecular complexity index is 1140. The van der Waals surface area contributed by atoms with Crippen LogP contribution in [0, 0.1) is 5.82 Å². The van der Waals surface area contributed by atoms with Gasteiger partial charge in [0.25, 0.3) is 0 Å². The van der Waals surface area contributed by atoms with Crippen molar-refractivity contribution in [2.24, 2.45) is 0 Å². The number of hydrogen-bond donors (Lipinski definition) is 2. The normalized spacial score (nSPS) is 14.1. The second-order valence-electron chi connectivity index (χ2n) is 7.59. The van der Waals surface area contributed by atoms with Gasteiger partial charge in [-0.3, -0.25) is 9.69 Å². The number of halogens is 1. The van der Waals surface area contributed by atoms with Gasteiger partial charge in [-0.1, -0.05) is 6.08 Å². The zero-order valence-electron chi connectivity index (χ0n) is 17.6. The Labute approximate surface area is 179 Å². The minimum atomic E-state index is -0.332. The molecule has 7 nitrogen and oxygen atoms in total. The Morgan fingerprint density at radius 3 is 2.94 bits per heavy atom. The molecule has 1 amide bonds. The zero-order valence-corrected chi connectivity index (χ0v) is 17.6. The number of ether oxygens (including phenoxy) is 1. The van der Waals surface area contributed by atoms with E-state index < -0.39 is 0 Å². The van der Waals surface area contributed by atoms with Gasteiger partial charge in [-0.2, -0.15) is 0 Å². The summed E-state index contributed by atoms with van der Waals surface area (Å²) in [6.07, 6.45) is 3.78. The fourth-order valence-electron chi connectivity index (χ4n) is 3.84. The van der Waals surface area contributed by atoms with E-state index in [2.05, 4.69) is 16.0 Å². The molecule has 162 valence electrons. The van der Waals surface area contributed by atoms with Gasteiger partial charge in [-0.15, -0.1) is 0 Å². The van der Waals surface area contributed by atoms with Crippen molar-refractivity contribution in [2.75, 3.05) is 46.9 Å². The first-order valence-electron chi connectivity index (χ1n) is 10.1. The third kappa shape index (κ3) is 4.30. The second kappa shape index (κ2) is 8.87. The summed E-state index contributed by atoms with van der Waals surface area (Å²) in [6.45, 7) is 1.87. The SMILES string of the molecule is COc1ccc(F)cc1-c1ccnc2[nH]c(C3=CCN(CC(=O)N(C)CCO)C3)cc12. The van der Waals surface area contributed by atoms with Crippen molar-refractivity contribution in [3.63, 3.8) is 0 Å². The lowest BCUT2D eigenvalue weighted by Crippen LogP contribution is -2.38. The smallest absolute Gasteiger partial charge is 0.236 e. The number of aliphatic hydroxyl groups is 1. The van der Waals surface area contributed by atoms with E-state index in [0.717, 1.165) is 22.2 Å². The van der Waals surface area contributed by atoms with E-state index in [9.17, 15) is 9.18 Å². The van der Waals surface area contributed by atoms with Gasteiger partial charge in [-0.25, -0.2) is 9.37 Å². The number of likely N-dealkylation sites (N-methyl/N-ethyl adjacent to an activating group) is 1. The van der Waals surface area contributed by atoms with Crippen molar-refractivity contribution < 1.29 is 19.0 Å². The number of nitrogens with zero attached hydrogens (tertiary/aromatic N) is 3. The number of amides is 1. The number of carbonyl (C=O) groups is 1. The minimum absolute atomic E-state index is 0.0255. The number of aliphatic hydroxyl groups excluding tert-OH is 1. The van der Waals surface area contributed by atoms with Crippen LogP contribution in [0.15, 0.2) is 42.6 Å². The van der Waals surface area contributed by atoms with Crippen molar-refractivity contribution in [1.82, 2.24) is 19.8 Å². The molecule has 0 unspecified atom stereocenters. The van der Waals surface area contributed by atoms with Gasteiger partial charge in [0.1, 0.15) is 17.2 Å². The molecule has 2 aromatic heterocycles. The summed E-state index contributed by atoms with van der Waals surface area (Å²) in [5, 5.41) is 9.88. The van der Waals surface area contributed by atoms with Crippen LogP contribution < -0.4 is 4.74 Å². The molecule has 2 N–H and O–H groups in total. The van der Waals surface area contributed by atoms with E-state index in [-0.39, 0.29) is 18.3 Å². The summed E-state index contributed by atoms with van der Waals surface area (Å²) < 4.78 is 19.4. The Balaban J connectivity index is 1.58. The quantitative estimate of drug-likeness (QED) is 0.609. The Morgan fingerprint density at radius 2 is 2.16 bits per heavy atom. The van der Waals surface area contributed by atoms with E-state index in [0.29, 0.717) is 43.1 Å². The molecule has 0 radical (unpaired) electrons. The number of fused-ring (bicyclic) bond motifs is 1. The number of nitrogens with one attached hydrogen (secondary N) is 1. The van der Waals surface area contributed by atoms with Crippen LogP contribution >= 0.6 is 0 Å². The Kier molecular flexibility index (Phi) is 6.01. The maximum absolute atomic E-state index is 13.9. The van der Waals surface area contributed by atoms with E-state index in [4.69, 9.17) is 9.84 Å². The molecular formula is C23H25FN4O3. The highest BCUT2D eigenvalue weighted by atomic mass is 19.1. The number of aromatic amines is 1. The van der Waals surface area contributed by atoms with Crippen molar-refractivity contribution >= 4 is 22.5 Å².